The van der Waals surface area contributed by atoms with E-state index in [2.05, 4.69) is 10.1 Å². The van der Waals surface area contributed by atoms with Crippen molar-refractivity contribution in [2.75, 3.05) is 6.61 Å². The molecular formula is C16H15N3O2. The zero-order chi connectivity index (χ0) is 14.2. The Morgan fingerprint density at radius 2 is 2.14 bits per heavy atom. The van der Waals surface area contributed by atoms with E-state index in [4.69, 9.17) is 4.74 Å². The smallest absolute Gasteiger partial charge is 0.153 e. The summed E-state index contributed by atoms with van der Waals surface area (Å²) in [6.45, 7) is 0.797. The summed E-state index contributed by atoms with van der Waals surface area (Å²) in [6, 6.07) is 9.25. The van der Waals surface area contributed by atoms with Gasteiger partial charge in [-0.05, 0) is 43.0 Å². The second-order valence-corrected chi connectivity index (χ2v) is 5.42. The number of hydrogen-bond donors (Lipinski definition) is 1. The first kappa shape index (κ1) is 12.2. The molecule has 1 saturated carbocycles. The molecule has 0 saturated heterocycles. The number of aromatic hydroxyl groups is 1. The van der Waals surface area contributed by atoms with Crippen LogP contribution < -0.4 is 4.74 Å². The molecule has 2 aromatic heterocycles. The molecule has 3 aromatic rings. The third-order valence-electron chi connectivity index (χ3n) is 3.63. The Morgan fingerprint density at radius 1 is 1.24 bits per heavy atom. The van der Waals surface area contributed by atoms with Gasteiger partial charge in [-0.25, -0.2) is 9.67 Å². The Bertz CT molecular complexity index is 776. The van der Waals surface area contributed by atoms with E-state index >= 15 is 0 Å². The van der Waals surface area contributed by atoms with Gasteiger partial charge in [-0.2, -0.15) is 5.10 Å². The van der Waals surface area contributed by atoms with E-state index < -0.39 is 0 Å². The van der Waals surface area contributed by atoms with Gasteiger partial charge in [0.25, 0.3) is 0 Å². The number of nitrogens with zero attached hydrogens (tertiary/aromatic N) is 3. The fraction of sp³-hybridized carbons (Fsp3) is 0.250. The summed E-state index contributed by atoms with van der Waals surface area (Å²) in [5, 5.41) is 14.8. The molecule has 0 amide bonds. The number of aromatic nitrogens is 3. The summed E-state index contributed by atoms with van der Waals surface area (Å²) in [6.07, 6.45) is 5.89. The molecule has 0 bridgehead atoms. The Kier molecular flexibility index (Phi) is 2.77. The average molecular weight is 281 g/mol. The molecule has 106 valence electrons. The Balaban J connectivity index is 1.63. The second-order valence-electron chi connectivity index (χ2n) is 5.42. The van der Waals surface area contributed by atoms with Crippen molar-refractivity contribution in [2.45, 2.75) is 12.8 Å². The van der Waals surface area contributed by atoms with Crippen molar-refractivity contribution >= 4 is 10.9 Å². The van der Waals surface area contributed by atoms with Gasteiger partial charge in [0.15, 0.2) is 5.82 Å². The summed E-state index contributed by atoms with van der Waals surface area (Å²) in [5.41, 5.74) is 0.873. The van der Waals surface area contributed by atoms with Crippen LogP contribution in [0.2, 0.25) is 0 Å². The van der Waals surface area contributed by atoms with Gasteiger partial charge in [-0.3, -0.25) is 0 Å². The van der Waals surface area contributed by atoms with Gasteiger partial charge in [-0.15, -0.1) is 0 Å². The quantitative estimate of drug-likeness (QED) is 0.798. The number of rotatable bonds is 4. The molecule has 1 aliphatic carbocycles. The van der Waals surface area contributed by atoms with E-state index in [0.29, 0.717) is 5.82 Å². The highest BCUT2D eigenvalue weighted by molar-refractivity contribution is 5.80. The maximum Gasteiger partial charge on any atom is 0.153 e. The Morgan fingerprint density at radius 3 is 2.90 bits per heavy atom. The molecule has 2 heterocycles. The lowest BCUT2D eigenvalue weighted by molar-refractivity contribution is 0.300. The summed E-state index contributed by atoms with van der Waals surface area (Å²) < 4.78 is 7.47. The molecule has 1 N–H and O–H groups in total. The van der Waals surface area contributed by atoms with Crippen LogP contribution in [0.5, 0.6) is 11.5 Å². The van der Waals surface area contributed by atoms with Crippen LogP contribution in [0.4, 0.5) is 0 Å². The van der Waals surface area contributed by atoms with Crippen molar-refractivity contribution in [2.24, 2.45) is 5.92 Å². The molecule has 0 spiro atoms. The molecule has 21 heavy (non-hydrogen) atoms. The topological polar surface area (TPSA) is 60.2 Å². The number of fused-ring (bicyclic) bond motifs is 1. The molecule has 0 aliphatic heterocycles. The number of benzene rings is 1. The molecule has 0 unspecified atom stereocenters. The summed E-state index contributed by atoms with van der Waals surface area (Å²) in [7, 11) is 0. The third-order valence-corrected chi connectivity index (χ3v) is 3.63. The van der Waals surface area contributed by atoms with Crippen molar-refractivity contribution in [3.63, 3.8) is 0 Å². The first-order valence-electron chi connectivity index (χ1n) is 7.05. The van der Waals surface area contributed by atoms with E-state index in [-0.39, 0.29) is 5.75 Å². The van der Waals surface area contributed by atoms with Gasteiger partial charge in [0, 0.05) is 17.6 Å². The molecule has 1 fully saturated rings. The minimum absolute atomic E-state index is 0.145. The summed E-state index contributed by atoms with van der Waals surface area (Å²) in [5.74, 6) is 2.41. The van der Waals surface area contributed by atoms with Crippen molar-refractivity contribution < 1.29 is 9.84 Å². The molecule has 1 aliphatic rings. The van der Waals surface area contributed by atoms with Gasteiger partial charge in [0.2, 0.25) is 0 Å². The first-order valence-corrected chi connectivity index (χ1v) is 7.05. The van der Waals surface area contributed by atoms with Gasteiger partial charge >= 0.3 is 0 Å². The fourth-order valence-corrected chi connectivity index (χ4v) is 2.22. The van der Waals surface area contributed by atoms with Crippen LogP contribution in [-0.2, 0) is 0 Å². The molecule has 5 nitrogen and oxygen atoms in total. The molecule has 0 radical (unpaired) electrons. The monoisotopic (exact) mass is 281 g/mol. The van der Waals surface area contributed by atoms with E-state index in [1.807, 2.05) is 24.4 Å². The number of hydrogen-bond acceptors (Lipinski definition) is 4. The third kappa shape index (κ3) is 2.54. The van der Waals surface area contributed by atoms with Crippen molar-refractivity contribution in [1.82, 2.24) is 14.8 Å². The van der Waals surface area contributed by atoms with E-state index in [1.165, 1.54) is 19.0 Å². The highest BCUT2D eigenvalue weighted by Crippen LogP contribution is 2.30. The van der Waals surface area contributed by atoms with Gasteiger partial charge < -0.3 is 9.84 Å². The standard InChI is InChI=1S/C16H15N3O2/c20-13-4-6-16(17-8-13)19-9-12-3-5-14(7-15(12)18-19)21-10-11-1-2-11/h3-9,11,20H,1-2,10H2. The molecule has 5 heteroatoms. The second kappa shape index (κ2) is 4.77. The minimum Gasteiger partial charge on any atom is -0.506 e. The van der Waals surface area contributed by atoms with Crippen LogP contribution in [-0.4, -0.2) is 26.5 Å². The van der Waals surface area contributed by atoms with Crippen molar-refractivity contribution in [3.05, 3.63) is 42.7 Å². The minimum atomic E-state index is 0.145. The highest BCUT2D eigenvalue weighted by Gasteiger charge is 2.21. The zero-order valence-corrected chi connectivity index (χ0v) is 11.4. The van der Waals surface area contributed by atoms with Crippen LogP contribution >= 0.6 is 0 Å². The lowest BCUT2D eigenvalue weighted by atomic mass is 10.2. The van der Waals surface area contributed by atoms with E-state index in [1.54, 1.807) is 16.8 Å². The van der Waals surface area contributed by atoms with Crippen LogP contribution in [0.15, 0.2) is 42.7 Å². The molecular weight excluding hydrogens is 266 g/mol. The molecule has 0 atom stereocenters. The van der Waals surface area contributed by atoms with Crippen LogP contribution in [0.1, 0.15) is 12.8 Å². The largest absolute Gasteiger partial charge is 0.506 e. The lowest BCUT2D eigenvalue weighted by Crippen LogP contribution is -1.98. The Labute approximate surface area is 121 Å². The zero-order valence-electron chi connectivity index (χ0n) is 11.4. The maximum absolute atomic E-state index is 9.28. The predicted octanol–water partition coefficient (Wildman–Crippen LogP) is 2.91. The van der Waals surface area contributed by atoms with Crippen LogP contribution in [0.3, 0.4) is 0 Å². The molecule has 1 aromatic carbocycles. The van der Waals surface area contributed by atoms with E-state index in [9.17, 15) is 5.11 Å². The first-order chi connectivity index (χ1) is 10.3. The number of ether oxygens (including phenoxy) is 1. The van der Waals surface area contributed by atoms with Gasteiger partial charge in [-0.1, -0.05) is 0 Å². The SMILES string of the molecule is Oc1ccc(-n2cc3ccc(OCC4CC4)cc3n2)nc1. The van der Waals surface area contributed by atoms with Gasteiger partial charge in [0.1, 0.15) is 11.5 Å². The summed E-state index contributed by atoms with van der Waals surface area (Å²) in [4.78, 5) is 4.15. The normalized spacial score (nSPS) is 14.5. The number of pyridine rings is 1. The van der Waals surface area contributed by atoms with Crippen LogP contribution in [0.25, 0.3) is 16.7 Å². The maximum atomic E-state index is 9.28. The fourth-order valence-electron chi connectivity index (χ4n) is 2.22. The van der Waals surface area contributed by atoms with Crippen molar-refractivity contribution in [1.29, 1.82) is 0 Å². The predicted molar refractivity (Wildman–Crippen MR) is 78.7 cm³/mol. The lowest BCUT2D eigenvalue weighted by Gasteiger charge is -2.03. The van der Waals surface area contributed by atoms with Crippen LogP contribution in [0, 0.1) is 5.92 Å². The molecule has 4 rings (SSSR count). The highest BCUT2D eigenvalue weighted by atomic mass is 16.5. The Hall–Kier alpha value is -2.56. The van der Waals surface area contributed by atoms with E-state index in [0.717, 1.165) is 29.2 Å². The van der Waals surface area contributed by atoms with Gasteiger partial charge in [0.05, 0.1) is 18.3 Å². The van der Waals surface area contributed by atoms with Crippen molar-refractivity contribution in [3.8, 4) is 17.3 Å². The summed E-state index contributed by atoms with van der Waals surface area (Å²) >= 11 is 0. The average Bonchev–Trinajstić information content (AvgIpc) is 3.23.